The van der Waals surface area contributed by atoms with Gasteiger partial charge in [0.15, 0.2) is 0 Å². The third kappa shape index (κ3) is 3.24. The van der Waals surface area contributed by atoms with Crippen LogP contribution in [0.2, 0.25) is 0 Å². The van der Waals surface area contributed by atoms with Crippen LogP contribution < -0.4 is 5.73 Å². The number of rotatable bonds is 6. The highest BCUT2D eigenvalue weighted by Gasteiger charge is 2.34. The van der Waals surface area contributed by atoms with Gasteiger partial charge in [0.25, 0.3) is 0 Å². The molecule has 0 saturated heterocycles. The topological polar surface area (TPSA) is 29.3 Å². The number of unbranched alkanes of at least 4 members (excludes halogenated alkanes) is 1. The van der Waals surface area contributed by atoms with Gasteiger partial charge in [-0.3, -0.25) is 4.90 Å². The maximum atomic E-state index is 6.22. The Morgan fingerprint density at radius 3 is 2.60 bits per heavy atom. The van der Waals surface area contributed by atoms with Gasteiger partial charge in [0.1, 0.15) is 0 Å². The quantitative estimate of drug-likeness (QED) is 0.856. The second kappa shape index (κ2) is 7.24. The van der Waals surface area contributed by atoms with Gasteiger partial charge in [-0.1, -0.05) is 51.0 Å². The van der Waals surface area contributed by atoms with Gasteiger partial charge in [0.05, 0.1) is 0 Å². The van der Waals surface area contributed by atoms with Crippen LogP contribution in [0.25, 0.3) is 0 Å². The van der Waals surface area contributed by atoms with Crippen molar-refractivity contribution < 1.29 is 0 Å². The SMILES string of the molecule is CCCCC(CC)(CN)N1CCCc2ccccc2C1. The maximum absolute atomic E-state index is 6.22. The number of hydrogen-bond donors (Lipinski definition) is 1. The van der Waals surface area contributed by atoms with Gasteiger partial charge in [0, 0.05) is 18.6 Å². The fraction of sp³-hybridized carbons (Fsp3) is 0.667. The average Bonchev–Trinajstić information content (AvgIpc) is 2.71. The Morgan fingerprint density at radius 2 is 1.95 bits per heavy atom. The van der Waals surface area contributed by atoms with Crippen LogP contribution >= 0.6 is 0 Å². The summed E-state index contributed by atoms with van der Waals surface area (Å²) in [5.41, 5.74) is 9.46. The molecular formula is C18H30N2. The van der Waals surface area contributed by atoms with Crippen molar-refractivity contribution in [2.45, 2.75) is 64.5 Å². The van der Waals surface area contributed by atoms with Crippen LogP contribution in [0.3, 0.4) is 0 Å². The fourth-order valence-electron chi connectivity index (χ4n) is 3.55. The van der Waals surface area contributed by atoms with E-state index in [1.54, 1.807) is 0 Å². The maximum Gasteiger partial charge on any atom is 0.0332 e. The van der Waals surface area contributed by atoms with Crippen LogP contribution in [0, 0.1) is 0 Å². The van der Waals surface area contributed by atoms with E-state index in [2.05, 4.69) is 43.0 Å². The highest BCUT2D eigenvalue weighted by Crippen LogP contribution is 2.30. The van der Waals surface area contributed by atoms with Crippen molar-refractivity contribution in [1.29, 1.82) is 0 Å². The summed E-state index contributed by atoms with van der Waals surface area (Å²) in [4.78, 5) is 2.68. The summed E-state index contributed by atoms with van der Waals surface area (Å²) < 4.78 is 0. The molecule has 0 spiro atoms. The molecule has 0 aromatic heterocycles. The molecule has 0 fully saturated rings. The predicted molar refractivity (Wildman–Crippen MR) is 86.8 cm³/mol. The standard InChI is InChI=1S/C18H30N2/c1-3-5-12-18(4-2,15-19)20-13-8-11-16-9-6-7-10-17(16)14-20/h6-7,9-10H,3-5,8,11-15,19H2,1-2H3. The molecule has 1 aliphatic heterocycles. The van der Waals surface area contributed by atoms with E-state index in [4.69, 9.17) is 5.73 Å². The Morgan fingerprint density at radius 1 is 1.20 bits per heavy atom. The summed E-state index contributed by atoms with van der Waals surface area (Å²) in [5, 5.41) is 0. The molecule has 0 aliphatic carbocycles. The minimum atomic E-state index is 0.202. The van der Waals surface area contributed by atoms with E-state index in [1.807, 2.05) is 0 Å². The van der Waals surface area contributed by atoms with E-state index in [0.29, 0.717) is 0 Å². The summed E-state index contributed by atoms with van der Waals surface area (Å²) >= 11 is 0. The third-order valence-corrected chi connectivity index (χ3v) is 5.06. The number of fused-ring (bicyclic) bond motifs is 1. The molecule has 1 aromatic carbocycles. The zero-order valence-corrected chi connectivity index (χ0v) is 13.2. The largest absolute Gasteiger partial charge is 0.329 e. The zero-order chi connectivity index (χ0) is 14.4. The van der Waals surface area contributed by atoms with Crippen molar-refractivity contribution in [2.24, 2.45) is 5.73 Å². The molecular weight excluding hydrogens is 244 g/mol. The molecule has 1 unspecified atom stereocenters. The van der Waals surface area contributed by atoms with E-state index in [1.165, 1.54) is 49.8 Å². The Balaban J connectivity index is 2.21. The van der Waals surface area contributed by atoms with Gasteiger partial charge >= 0.3 is 0 Å². The zero-order valence-electron chi connectivity index (χ0n) is 13.2. The lowest BCUT2D eigenvalue weighted by molar-refractivity contribution is 0.0716. The first-order chi connectivity index (χ1) is 9.75. The lowest BCUT2D eigenvalue weighted by Gasteiger charge is -2.43. The normalized spacial score (nSPS) is 19.1. The van der Waals surface area contributed by atoms with Crippen LogP contribution in [-0.2, 0) is 13.0 Å². The van der Waals surface area contributed by atoms with Crippen LogP contribution in [-0.4, -0.2) is 23.5 Å². The van der Waals surface area contributed by atoms with E-state index < -0.39 is 0 Å². The monoisotopic (exact) mass is 274 g/mol. The Hall–Kier alpha value is -0.860. The molecule has 2 heteroatoms. The highest BCUT2D eigenvalue weighted by atomic mass is 15.2. The van der Waals surface area contributed by atoms with Crippen LogP contribution in [0.4, 0.5) is 0 Å². The number of hydrogen-bond acceptors (Lipinski definition) is 2. The minimum Gasteiger partial charge on any atom is -0.329 e. The van der Waals surface area contributed by atoms with E-state index in [-0.39, 0.29) is 5.54 Å². The molecule has 2 nitrogen and oxygen atoms in total. The number of nitrogens with two attached hydrogens (primary N) is 1. The van der Waals surface area contributed by atoms with E-state index in [9.17, 15) is 0 Å². The molecule has 2 N–H and O–H groups in total. The Labute approximate surface area is 124 Å². The molecule has 0 saturated carbocycles. The van der Waals surface area contributed by atoms with Crippen molar-refractivity contribution in [3.05, 3.63) is 35.4 Å². The van der Waals surface area contributed by atoms with Gasteiger partial charge in [-0.05, 0) is 43.4 Å². The number of benzene rings is 1. The number of aryl methyl sites for hydroxylation is 1. The minimum absolute atomic E-state index is 0.202. The fourth-order valence-corrected chi connectivity index (χ4v) is 3.55. The van der Waals surface area contributed by atoms with Crippen molar-refractivity contribution in [2.75, 3.05) is 13.1 Å². The smallest absolute Gasteiger partial charge is 0.0332 e. The summed E-state index contributed by atoms with van der Waals surface area (Å²) in [7, 11) is 0. The molecule has 1 aromatic rings. The second-order valence-electron chi connectivity index (χ2n) is 6.18. The highest BCUT2D eigenvalue weighted by molar-refractivity contribution is 5.28. The Kier molecular flexibility index (Phi) is 5.62. The molecule has 20 heavy (non-hydrogen) atoms. The van der Waals surface area contributed by atoms with Crippen LogP contribution in [0.15, 0.2) is 24.3 Å². The van der Waals surface area contributed by atoms with Gasteiger partial charge in [0.2, 0.25) is 0 Å². The third-order valence-electron chi connectivity index (χ3n) is 5.06. The first-order valence-corrected chi connectivity index (χ1v) is 8.27. The summed E-state index contributed by atoms with van der Waals surface area (Å²) in [6, 6.07) is 8.93. The molecule has 1 atom stereocenters. The van der Waals surface area contributed by atoms with Crippen LogP contribution in [0.1, 0.15) is 57.1 Å². The van der Waals surface area contributed by atoms with Crippen LogP contribution in [0.5, 0.6) is 0 Å². The Bertz CT molecular complexity index is 410. The van der Waals surface area contributed by atoms with Crippen molar-refractivity contribution in [3.63, 3.8) is 0 Å². The molecule has 1 heterocycles. The molecule has 112 valence electrons. The molecule has 2 rings (SSSR count). The lowest BCUT2D eigenvalue weighted by atomic mass is 9.87. The van der Waals surface area contributed by atoms with Gasteiger partial charge in [-0.2, -0.15) is 0 Å². The lowest BCUT2D eigenvalue weighted by Crippen LogP contribution is -2.53. The predicted octanol–water partition coefficient (Wildman–Crippen LogP) is 3.73. The van der Waals surface area contributed by atoms with Crippen molar-refractivity contribution >= 4 is 0 Å². The van der Waals surface area contributed by atoms with Gasteiger partial charge in [-0.25, -0.2) is 0 Å². The van der Waals surface area contributed by atoms with Crippen molar-refractivity contribution in [3.8, 4) is 0 Å². The molecule has 1 aliphatic rings. The van der Waals surface area contributed by atoms with Gasteiger partial charge in [-0.15, -0.1) is 0 Å². The first-order valence-electron chi connectivity index (χ1n) is 8.27. The van der Waals surface area contributed by atoms with E-state index in [0.717, 1.165) is 19.5 Å². The van der Waals surface area contributed by atoms with Gasteiger partial charge < -0.3 is 5.73 Å². The summed E-state index contributed by atoms with van der Waals surface area (Å²) in [6.07, 6.45) is 7.40. The van der Waals surface area contributed by atoms with Crippen molar-refractivity contribution in [1.82, 2.24) is 4.90 Å². The average molecular weight is 274 g/mol. The molecule has 0 bridgehead atoms. The summed E-state index contributed by atoms with van der Waals surface area (Å²) in [5.74, 6) is 0. The second-order valence-corrected chi connectivity index (χ2v) is 6.18. The molecule has 0 amide bonds. The number of nitrogens with zero attached hydrogens (tertiary/aromatic N) is 1. The van der Waals surface area contributed by atoms with E-state index >= 15 is 0 Å². The summed E-state index contributed by atoms with van der Waals surface area (Å²) in [6.45, 7) is 7.62. The molecule has 0 radical (unpaired) electrons. The first kappa shape index (κ1) is 15.5.